The van der Waals surface area contributed by atoms with Gasteiger partial charge in [-0.2, -0.15) is 26.3 Å². The van der Waals surface area contributed by atoms with Gasteiger partial charge in [0.2, 0.25) is 5.88 Å². The van der Waals surface area contributed by atoms with Crippen LogP contribution in [0, 0.1) is 6.92 Å². The maximum Gasteiger partial charge on any atom is 0.416 e. The molecule has 0 aliphatic rings. The molecule has 2 aromatic heterocycles. The number of aromatic nitrogens is 3. The molecule has 0 spiro atoms. The maximum atomic E-state index is 12.9. The van der Waals surface area contributed by atoms with Crippen molar-refractivity contribution < 1.29 is 31.4 Å². The minimum atomic E-state index is -4.51. The van der Waals surface area contributed by atoms with Crippen LogP contribution in [0.25, 0.3) is 28.2 Å². The Kier molecular flexibility index (Phi) is 4.68. The lowest BCUT2D eigenvalue weighted by Gasteiger charge is -2.11. The van der Waals surface area contributed by atoms with Crippen molar-refractivity contribution in [1.82, 2.24) is 14.4 Å². The third-order valence-corrected chi connectivity index (χ3v) is 4.74. The summed E-state index contributed by atoms with van der Waals surface area (Å²) in [5.74, 6) is -0.210. The largest absolute Gasteiger partial charge is 0.493 e. The van der Waals surface area contributed by atoms with Crippen molar-refractivity contribution in [3.63, 3.8) is 0 Å². The van der Waals surface area contributed by atoms with Crippen molar-refractivity contribution in [3.05, 3.63) is 71.5 Å². The molecule has 0 aliphatic carbocycles. The predicted octanol–water partition coefficient (Wildman–Crippen LogP) is 6.11. The van der Waals surface area contributed by atoms with Crippen LogP contribution in [0.4, 0.5) is 26.3 Å². The number of aryl methyl sites for hydroxylation is 1. The fourth-order valence-electron chi connectivity index (χ4n) is 3.13. The molecule has 0 fully saturated rings. The number of halogens is 6. The smallest absolute Gasteiger partial charge is 0.416 e. The second kappa shape index (κ2) is 7.00. The van der Waals surface area contributed by atoms with E-state index in [0.29, 0.717) is 11.1 Å². The number of imidazole rings is 1. The number of alkyl halides is 6. The molecule has 0 amide bonds. The second-order valence-corrected chi connectivity index (χ2v) is 6.84. The Morgan fingerprint density at radius 3 is 1.71 bits per heavy atom. The lowest BCUT2D eigenvalue weighted by Crippen LogP contribution is -2.05. The van der Waals surface area contributed by atoms with Gasteiger partial charge < -0.3 is 5.11 Å². The second-order valence-electron chi connectivity index (χ2n) is 6.84. The van der Waals surface area contributed by atoms with Gasteiger partial charge in [0.1, 0.15) is 11.4 Å². The minimum Gasteiger partial charge on any atom is -0.493 e. The first-order valence-electron chi connectivity index (χ1n) is 8.89. The summed E-state index contributed by atoms with van der Waals surface area (Å²) in [6.45, 7) is 1.54. The van der Waals surface area contributed by atoms with E-state index in [1.54, 1.807) is 0 Å². The van der Waals surface area contributed by atoms with Crippen LogP contribution >= 0.6 is 0 Å². The highest BCUT2D eigenvalue weighted by Crippen LogP contribution is 2.35. The van der Waals surface area contributed by atoms with E-state index in [-0.39, 0.29) is 28.6 Å². The number of hydrogen-bond acceptors (Lipinski definition) is 3. The van der Waals surface area contributed by atoms with Crippen LogP contribution in [0.15, 0.2) is 54.7 Å². The van der Waals surface area contributed by atoms with Crippen LogP contribution in [-0.4, -0.2) is 19.5 Å². The zero-order valence-electron chi connectivity index (χ0n) is 15.8. The molecule has 0 aliphatic heterocycles. The molecule has 0 saturated carbocycles. The molecule has 4 nitrogen and oxygen atoms in total. The van der Waals surface area contributed by atoms with Crippen LogP contribution < -0.4 is 0 Å². The predicted molar refractivity (Wildman–Crippen MR) is 100 cm³/mol. The van der Waals surface area contributed by atoms with Gasteiger partial charge in [-0.05, 0) is 31.2 Å². The van der Waals surface area contributed by atoms with Crippen LogP contribution in [0.1, 0.15) is 16.8 Å². The first kappa shape index (κ1) is 20.7. The molecule has 2 aromatic carbocycles. The van der Waals surface area contributed by atoms with Crippen LogP contribution in [0.5, 0.6) is 5.88 Å². The Morgan fingerprint density at radius 1 is 0.742 bits per heavy atom. The normalized spacial score (nSPS) is 12.5. The summed E-state index contributed by atoms with van der Waals surface area (Å²) in [4.78, 5) is 8.64. The van der Waals surface area contributed by atoms with Gasteiger partial charge >= 0.3 is 12.4 Å². The number of aromatic hydroxyl groups is 1. The summed E-state index contributed by atoms with van der Waals surface area (Å²) in [5.41, 5.74) is -0.191. The van der Waals surface area contributed by atoms with E-state index < -0.39 is 23.5 Å². The van der Waals surface area contributed by atoms with Gasteiger partial charge in [-0.1, -0.05) is 24.3 Å². The molecule has 0 unspecified atom stereocenters. The first-order valence-corrected chi connectivity index (χ1v) is 8.89. The molecule has 4 rings (SSSR count). The number of fused-ring (bicyclic) bond motifs is 1. The third kappa shape index (κ3) is 3.80. The Bertz CT molecular complexity index is 1260. The van der Waals surface area contributed by atoms with Gasteiger partial charge in [-0.15, -0.1) is 0 Å². The summed E-state index contributed by atoms with van der Waals surface area (Å²) >= 11 is 0. The van der Waals surface area contributed by atoms with Crippen molar-refractivity contribution >= 4 is 5.65 Å². The highest BCUT2D eigenvalue weighted by atomic mass is 19.4. The summed E-state index contributed by atoms with van der Waals surface area (Å²) < 4.78 is 78.5. The maximum absolute atomic E-state index is 12.9. The monoisotopic (exact) mass is 437 g/mol. The summed E-state index contributed by atoms with van der Waals surface area (Å²) in [6.07, 6.45) is -7.60. The van der Waals surface area contributed by atoms with E-state index >= 15 is 0 Å². The van der Waals surface area contributed by atoms with E-state index in [1.807, 2.05) is 0 Å². The van der Waals surface area contributed by atoms with Crippen molar-refractivity contribution in [2.24, 2.45) is 0 Å². The van der Waals surface area contributed by atoms with Gasteiger partial charge in [-0.3, -0.25) is 4.40 Å². The topological polar surface area (TPSA) is 50.4 Å². The molecule has 2 heterocycles. The Hall–Kier alpha value is -3.56. The Morgan fingerprint density at radius 2 is 1.23 bits per heavy atom. The molecule has 160 valence electrons. The Balaban J connectivity index is 1.88. The van der Waals surface area contributed by atoms with Crippen molar-refractivity contribution in [1.29, 1.82) is 0 Å². The molecular formula is C21H13F6N3O. The van der Waals surface area contributed by atoms with E-state index in [2.05, 4.69) is 9.97 Å². The van der Waals surface area contributed by atoms with Gasteiger partial charge in [0, 0.05) is 17.3 Å². The number of nitrogens with zero attached hydrogens (tertiary/aromatic N) is 3. The zero-order chi connectivity index (χ0) is 22.6. The molecule has 4 aromatic rings. The molecule has 1 N–H and O–H groups in total. The lowest BCUT2D eigenvalue weighted by molar-refractivity contribution is -0.138. The Labute approximate surface area is 171 Å². The van der Waals surface area contributed by atoms with Crippen LogP contribution in [0.3, 0.4) is 0 Å². The number of benzene rings is 2. The molecule has 0 saturated heterocycles. The zero-order valence-corrected chi connectivity index (χ0v) is 15.8. The average molecular weight is 437 g/mol. The highest BCUT2D eigenvalue weighted by molar-refractivity contribution is 5.78. The van der Waals surface area contributed by atoms with E-state index in [4.69, 9.17) is 0 Å². The van der Waals surface area contributed by atoms with Gasteiger partial charge in [0.05, 0.1) is 16.8 Å². The summed E-state index contributed by atoms with van der Waals surface area (Å²) in [5, 5.41) is 10.3. The summed E-state index contributed by atoms with van der Waals surface area (Å²) in [6, 6.07) is 8.51. The molecular weight excluding hydrogens is 424 g/mol. The molecule has 31 heavy (non-hydrogen) atoms. The van der Waals surface area contributed by atoms with Gasteiger partial charge in [-0.25, -0.2) is 9.97 Å². The van der Waals surface area contributed by atoms with E-state index in [0.717, 1.165) is 24.3 Å². The quantitative estimate of drug-likeness (QED) is 0.385. The SMILES string of the molecule is Cc1nc2c(-c3ccc(C(F)(F)F)cc3)nc(-c3ccc(C(F)(F)F)cc3)cn2c1O. The van der Waals surface area contributed by atoms with Gasteiger partial charge in [0.15, 0.2) is 5.65 Å². The van der Waals surface area contributed by atoms with E-state index in [1.165, 1.54) is 41.8 Å². The molecule has 0 radical (unpaired) electrons. The fourth-order valence-corrected chi connectivity index (χ4v) is 3.13. The van der Waals surface area contributed by atoms with Crippen LogP contribution in [0.2, 0.25) is 0 Å². The third-order valence-electron chi connectivity index (χ3n) is 4.74. The fraction of sp³-hybridized carbons (Fsp3) is 0.143. The van der Waals surface area contributed by atoms with Gasteiger partial charge in [0.25, 0.3) is 0 Å². The van der Waals surface area contributed by atoms with Crippen molar-refractivity contribution in [2.45, 2.75) is 19.3 Å². The number of rotatable bonds is 2. The standard InChI is InChI=1S/C21H13F6N3O/c1-11-19(31)30-10-16(12-2-6-14(7-3-12)20(22,23)24)29-17(18(30)28-11)13-4-8-15(9-5-13)21(25,26)27/h2-10,31H,1H3. The highest BCUT2D eigenvalue weighted by Gasteiger charge is 2.31. The minimum absolute atomic E-state index is 0.175. The van der Waals surface area contributed by atoms with Crippen LogP contribution in [-0.2, 0) is 12.4 Å². The first-order chi connectivity index (χ1) is 14.4. The average Bonchev–Trinajstić information content (AvgIpc) is 3.00. The molecule has 0 bridgehead atoms. The number of hydrogen-bond donors (Lipinski definition) is 1. The van der Waals surface area contributed by atoms with Crippen molar-refractivity contribution in [3.8, 4) is 28.4 Å². The molecule has 10 heteroatoms. The summed E-state index contributed by atoms with van der Waals surface area (Å²) in [7, 11) is 0. The van der Waals surface area contributed by atoms with E-state index in [9.17, 15) is 31.4 Å². The lowest BCUT2D eigenvalue weighted by atomic mass is 10.1. The molecule has 0 atom stereocenters. The van der Waals surface area contributed by atoms with Crippen molar-refractivity contribution in [2.75, 3.05) is 0 Å².